The topological polar surface area (TPSA) is 55.8 Å². The summed E-state index contributed by atoms with van der Waals surface area (Å²) in [5.41, 5.74) is 3.43. The summed E-state index contributed by atoms with van der Waals surface area (Å²) in [7, 11) is 0. The average molecular weight is 546 g/mol. The number of carboxylic acid groups (broad SMARTS) is 1. The number of thioether (sulfide) groups is 1. The van der Waals surface area contributed by atoms with E-state index >= 15 is 0 Å². The van der Waals surface area contributed by atoms with Crippen molar-refractivity contribution in [2.45, 2.75) is 11.8 Å². The number of hydrogen-bond donors (Lipinski definition) is 1. The van der Waals surface area contributed by atoms with E-state index in [-0.39, 0.29) is 6.61 Å². The van der Waals surface area contributed by atoms with Gasteiger partial charge in [-0.3, -0.25) is 0 Å². The number of halogens is 1. The molecule has 0 radical (unpaired) electrons. The van der Waals surface area contributed by atoms with Crippen LogP contribution in [-0.4, -0.2) is 30.0 Å². The van der Waals surface area contributed by atoms with Gasteiger partial charge in [-0.15, -0.1) is 11.8 Å². The Balaban J connectivity index is 1.78. The fraction of sp³-hybridized carbons (Fsp3) is 0.160. The molecular weight excluding hydrogens is 523 g/mol. The zero-order chi connectivity index (χ0) is 22.1. The zero-order valence-corrected chi connectivity index (χ0v) is 20.1. The summed E-state index contributed by atoms with van der Waals surface area (Å²) in [6.07, 6.45) is 2.23. The van der Waals surface area contributed by atoms with Crippen molar-refractivity contribution in [3.8, 4) is 11.5 Å². The van der Waals surface area contributed by atoms with Gasteiger partial charge in [0.05, 0.1) is 10.2 Å². The van der Waals surface area contributed by atoms with Crippen LogP contribution in [0, 0.1) is 3.57 Å². The minimum Gasteiger partial charge on any atom is -0.494 e. The van der Waals surface area contributed by atoms with E-state index in [0.717, 1.165) is 36.7 Å². The molecule has 0 atom stereocenters. The first-order valence-electron chi connectivity index (χ1n) is 9.82. The Morgan fingerprint density at radius 1 is 1.00 bits per heavy atom. The minimum absolute atomic E-state index is 0.341. The molecular formula is C25H23IO4S. The Morgan fingerprint density at radius 3 is 2.48 bits per heavy atom. The maximum atomic E-state index is 10.7. The second-order valence-electron chi connectivity index (χ2n) is 6.53. The second-order valence-corrected chi connectivity index (χ2v) is 8.79. The predicted molar refractivity (Wildman–Crippen MR) is 134 cm³/mol. The van der Waals surface area contributed by atoms with Crippen molar-refractivity contribution in [2.24, 2.45) is 0 Å². The van der Waals surface area contributed by atoms with E-state index < -0.39 is 5.97 Å². The van der Waals surface area contributed by atoms with Gasteiger partial charge in [0.2, 0.25) is 0 Å². The Kier molecular flexibility index (Phi) is 8.85. The molecule has 0 saturated carbocycles. The third-order valence-electron chi connectivity index (χ3n) is 4.33. The molecule has 0 aliphatic carbocycles. The lowest BCUT2D eigenvalue weighted by molar-refractivity contribution is -0.139. The van der Waals surface area contributed by atoms with E-state index in [4.69, 9.17) is 14.6 Å². The van der Waals surface area contributed by atoms with Crippen molar-refractivity contribution in [1.82, 2.24) is 0 Å². The van der Waals surface area contributed by atoms with Crippen molar-refractivity contribution in [1.29, 1.82) is 0 Å². The van der Waals surface area contributed by atoms with E-state index in [2.05, 4.69) is 52.9 Å². The molecule has 31 heavy (non-hydrogen) atoms. The Labute approximate surface area is 200 Å². The highest BCUT2D eigenvalue weighted by Crippen LogP contribution is 2.30. The number of benzene rings is 3. The maximum absolute atomic E-state index is 10.7. The SMILES string of the molecule is CCOc1cccc(C(=CCSc2ccc(OCC(=O)O)c(I)c2)c2ccccc2)c1. The first kappa shape index (κ1) is 23.2. The molecule has 3 aromatic rings. The van der Waals surface area contributed by atoms with Gasteiger partial charge in [-0.05, 0) is 76.5 Å². The minimum atomic E-state index is -0.985. The standard InChI is InChI=1S/C25H23IO4S/c1-2-29-20-10-6-9-19(15-20)22(18-7-4-3-5-8-18)13-14-31-21-11-12-24(23(26)16-21)30-17-25(27)28/h3-13,15-16H,2,14,17H2,1H3,(H,27,28). The van der Waals surface area contributed by atoms with Crippen LogP contribution >= 0.6 is 34.4 Å². The first-order valence-corrected chi connectivity index (χ1v) is 11.9. The molecule has 0 aromatic heterocycles. The van der Waals surface area contributed by atoms with E-state index in [9.17, 15) is 4.79 Å². The molecule has 0 unspecified atom stereocenters. The molecule has 0 aliphatic rings. The van der Waals surface area contributed by atoms with Gasteiger partial charge in [-0.25, -0.2) is 4.79 Å². The normalized spacial score (nSPS) is 11.2. The van der Waals surface area contributed by atoms with Crippen LogP contribution in [-0.2, 0) is 4.79 Å². The Bertz CT molecular complexity index is 1050. The van der Waals surface area contributed by atoms with Gasteiger partial charge in [0, 0.05) is 10.6 Å². The predicted octanol–water partition coefficient (Wildman–Crippen LogP) is 6.38. The Morgan fingerprint density at radius 2 is 1.77 bits per heavy atom. The van der Waals surface area contributed by atoms with Crippen LogP contribution in [0.1, 0.15) is 18.1 Å². The summed E-state index contributed by atoms with van der Waals surface area (Å²) < 4.78 is 11.9. The van der Waals surface area contributed by atoms with Crippen LogP contribution in [0.5, 0.6) is 11.5 Å². The molecule has 160 valence electrons. The van der Waals surface area contributed by atoms with Crippen LogP contribution < -0.4 is 9.47 Å². The van der Waals surface area contributed by atoms with Gasteiger partial charge >= 0.3 is 5.97 Å². The quantitative estimate of drug-likeness (QED) is 0.236. The number of rotatable bonds is 10. The molecule has 0 heterocycles. The van der Waals surface area contributed by atoms with Crippen LogP contribution in [0.4, 0.5) is 0 Å². The second kappa shape index (κ2) is 11.8. The third-order valence-corrected chi connectivity index (χ3v) is 6.10. The highest BCUT2D eigenvalue weighted by molar-refractivity contribution is 14.1. The molecule has 0 saturated heterocycles. The fourth-order valence-corrected chi connectivity index (χ4v) is 4.68. The molecule has 6 heteroatoms. The van der Waals surface area contributed by atoms with Crippen LogP contribution in [0.25, 0.3) is 5.57 Å². The largest absolute Gasteiger partial charge is 0.494 e. The van der Waals surface area contributed by atoms with E-state index in [1.165, 1.54) is 0 Å². The zero-order valence-electron chi connectivity index (χ0n) is 17.1. The summed E-state index contributed by atoms with van der Waals surface area (Å²) in [6, 6.07) is 24.3. The molecule has 1 N–H and O–H groups in total. The lowest BCUT2D eigenvalue weighted by Crippen LogP contribution is -2.10. The highest BCUT2D eigenvalue weighted by atomic mass is 127. The van der Waals surface area contributed by atoms with Crippen LogP contribution in [0.15, 0.2) is 83.8 Å². The lowest BCUT2D eigenvalue weighted by Gasteiger charge is -2.11. The van der Waals surface area contributed by atoms with Crippen molar-refractivity contribution in [3.05, 3.63) is 93.6 Å². The number of aliphatic carboxylic acids is 1. The molecule has 0 amide bonds. The molecule has 0 spiro atoms. The van der Waals surface area contributed by atoms with Crippen molar-refractivity contribution < 1.29 is 19.4 Å². The highest BCUT2D eigenvalue weighted by Gasteiger charge is 2.08. The number of hydrogen-bond acceptors (Lipinski definition) is 4. The summed E-state index contributed by atoms with van der Waals surface area (Å²) in [5, 5.41) is 8.78. The van der Waals surface area contributed by atoms with Gasteiger partial charge in [0.25, 0.3) is 0 Å². The first-order chi connectivity index (χ1) is 15.1. The Hall–Kier alpha value is -2.45. The fourth-order valence-electron chi connectivity index (χ4n) is 2.99. The number of carbonyl (C=O) groups is 1. The molecule has 0 aliphatic heterocycles. The van der Waals surface area contributed by atoms with E-state index in [1.807, 2.05) is 55.5 Å². The van der Waals surface area contributed by atoms with Crippen LogP contribution in [0.3, 0.4) is 0 Å². The maximum Gasteiger partial charge on any atom is 0.341 e. The molecule has 3 rings (SSSR count). The monoisotopic (exact) mass is 546 g/mol. The van der Waals surface area contributed by atoms with Gasteiger partial charge in [0.1, 0.15) is 11.5 Å². The van der Waals surface area contributed by atoms with Gasteiger partial charge in [0.15, 0.2) is 6.61 Å². The summed E-state index contributed by atoms with van der Waals surface area (Å²) in [4.78, 5) is 11.8. The third kappa shape index (κ3) is 7.04. The summed E-state index contributed by atoms with van der Waals surface area (Å²) in [6.45, 7) is 2.28. The number of carboxylic acids is 1. The molecule has 3 aromatic carbocycles. The average Bonchev–Trinajstić information content (AvgIpc) is 2.77. The van der Waals surface area contributed by atoms with E-state index in [0.29, 0.717) is 12.4 Å². The van der Waals surface area contributed by atoms with Crippen LogP contribution in [0.2, 0.25) is 0 Å². The van der Waals surface area contributed by atoms with E-state index in [1.54, 1.807) is 11.8 Å². The summed E-state index contributed by atoms with van der Waals surface area (Å²) in [5.74, 6) is 1.25. The molecule has 0 bridgehead atoms. The number of ether oxygens (including phenoxy) is 2. The van der Waals surface area contributed by atoms with Crippen molar-refractivity contribution in [3.63, 3.8) is 0 Å². The van der Waals surface area contributed by atoms with Gasteiger partial charge in [-0.2, -0.15) is 0 Å². The van der Waals surface area contributed by atoms with Crippen molar-refractivity contribution >= 4 is 45.9 Å². The van der Waals surface area contributed by atoms with Crippen molar-refractivity contribution in [2.75, 3.05) is 19.0 Å². The smallest absolute Gasteiger partial charge is 0.341 e. The lowest BCUT2D eigenvalue weighted by atomic mass is 9.98. The molecule has 0 fully saturated rings. The summed E-state index contributed by atoms with van der Waals surface area (Å²) >= 11 is 3.88. The molecule has 4 nitrogen and oxygen atoms in total. The van der Waals surface area contributed by atoms with Gasteiger partial charge < -0.3 is 14.6 Å². The van der Waals surface area contributed by atoms with Gasteiger partial charge in [-0.1, -0.05) is 48.5 Å².